The van der Waals surface area contributed by atoms with Crippen molar-refractivity contribution in [3.63, 3.8) is 0 Å². The maximum Gasteiger partial charge on any atom is 0.0644 e. The zero-order chi connectivity index (χ0) is 10.7. The minimum Gasteiger partial charge on any atom is -0.395 e. The highest BCUT2D eigenvalue weighted by molar-refractivity contribution is 4.85. The Morgan fingerprint density at radius 1 is 1.40 bits per heavy atom. The van der Waals surface area contributed by atoms with Crippen LogP contribution in [0.5, 0.6) is 0 Å². The van der Waals surface area contributed by atoms with Crippen molar-refractivity contribution >= 4 is 0 Å². The molecule has 1 saturated heterocycles. The van der Waals surface area contributed by atoms with Gasteiger partial charge in [0.2, 0.25) is 0 Å². The van der Waals surface area contributed by atoms with Gasteiger partial charge in [-0.3, -0.25) is 4.90 Å². The molecule has 1 saturated carbocycles. The molecule has 0 radical (unpaired) electrons. The highest BCUT2D eigenvalue weighted by Gasteiger charge is 2.31. The molecule has 0 amide bonds. The molecule has 3 nitrogen and oxygen atoms in total. The van der Waals surface area contributed by atoms with E-state index in [1.807, 2.05) is 0 Å². The quantitative estimate of drug-likeness (QED) is 0.749. The summed E-state index contributed by atoms with van der Waals surface area (Å²) in [5.41, 5.74) is 0. The third-order valence-corrected chi connectivity index (χ3v) is 3.86. The third kappa shape index (κ3) is 2.71. The molecular formula is C12H23NO2. The van der Waals surface area contributed by atoms with Crippen LogP contribution in [0.2, 0.25) is 0 Å². The van der Waals surface area contributed by atoms with E-state index in [-0.39, 0.29) is 12.6 Å². The van der Waals surface area contributed by atoms with Gasteiger partial charge in [0.15, 0.2) is 0 Å². The van der Waals surface area contributed by atoms with Crippen LogP contribution >= 0.6 is 0 Å². The van der Waals surface area contributed by atoms with E-state index in [2.05, 4.69) is 11.8 Å². The summed E-state index contributed by atoms with van der Waals surface area (Å²) in [6.07, 6.45) is 5.34. The molecular weight excluding hydrogens is 190 g/mol. The van der Waals surface area contributed by atoms with Crippen LogP contribution in [0.3, 0.4) is 0 Å². The van der Waals surface area contributed by atoms with Crippen LogP contribution < -0.4 is 0 Å². The topological polar surface area (TPSA) is 32.7 Å². The Morgan fingerprint density at radius 2 is 2.27 bits per heavy atom. The number of rotatable bonds is 2. The summed E-state index contributed by atoms with van der Waals surface area (Å²) in [6, 6.07) is 0.934. The number of aliphatic hydroxyl groups excluding tert-OH is 1. The number of ether oxygens (including phenoxy) is 1. The molecule has 0 aromatic heterocycles. The Kier molecular flexibility index (Phi) is 4.00. The van der Waals surface area contributed by atoms with Crippen LogP contribution in [-0.4, -0.2) is 48.5 Å². The Bertz CT molecular complexity index is 198. The van der Waals surface area contributed by atoms with Crippen molar-refractivity contribution in [1.82, 2.24) is 4.90 Å². The molecule has 1 aliphatic carbocycles. The highest BCUT2D eigenvalue weighted by Crippen LogP contribution is 2.29. The summed E-state index contributed by atoms with van der Waals surface area (Å²) in [6.45, 7) is 5.14. The first-order chi connectivity index (χ1) is 7.31. The second-order valence-electron chi connectivity index (χ2n) is 5.07. The minimum absolute atomic E-state index is 0.241. The van der Waals surface area contributed by atoms with E-state index in [0.29, 0.717) is 12.6 Å². The standard InChI is InChI=1S/C12H23NO2/c1-10-3-2-4-11(7-10)13-5-6-15-9-12(13)8-14/h10-12,14H,2-9H2,1H3. The Balaban J connectivity index is 1.94. The first-order valence-electron chi connectivity index (χ1n) is 6.25. The van der Waals surface area contributed by atoms with Crippen LogP contribution in [0.25, 0.3) is 0 Å². The van der Waals surface area contributed by atoms with Crippen molar-refractivity contribution in [3.05, 3.63) is 0 Å². The van der Waals surface area contributed by atoms with Gasteiger partial charge < -0.3 is 9.84 Å². The molecule has 0 aromatic rings. The predicted octanol–water partition coefficient (Wildman–Crippen LogP) is 1.26. The summed E-state index contributed by atoms with van der Waals surface area (Å²) in [4.78, 5) is 2.49. The maximum atomic E-state index is 9.34. The monoisotopic (exact) mass is 213 g/mol. The molecule has 3 heteroatoms. The van der Waals surface area contributed by atoms with Gasteiger partial charge in [-0.1, -0.05) is 19.8 Å². The summed E-state index contributed by atoms with van der Waals surface area (Å²) in [5.74, 6) is 0.853. The normalized spacial score (nSPS) is 39.2. The van der Waals surface area contributed by atoms with E-state index in [1.54, 1.807) is 0 Å². The van der Waals surface area contributed by atoms with Gasteiger partial charge in [-0.25, -0.2) is 0 Å². The average Bonchev–Trinajstić information content (AvgIpc) is 2.29. The van der Waals surface area contributed by atoms with Gasteiger partial charge in [-0.2, -0.15) is 0 Å². The van der Waals surface area contributed by atoms with Crippen molar-refractivity contribution in [2.75, 3.05) is 26.4 Å². The maximum absolute atomic E-state index is 9.34. The van der Waals surface area contributed by atoms with Gasteiger partial charge in [0.05, 0.1) is 25.9 Å². The number of nitrogens with zero attached hydrogens (tertiary/aromatic N) is 1. The first kappa shape index (κ1) is 11.4. The Hall–Kier alpha value is -0.120. The molecule has 1 N–H and O–H groups in total. The van der Waals surface area contributed by atoms with Crippen molar-refractivity contribution in [3.8, 4) is 0 Å². The van der Waals surface area contributed by atoms with Crippen molar-refractivity contribution < 1.29 is 9.84 Å². The molecule has 2 aliphatic rings. The van der Waals surface area contributed by atoms with Gasteiger partial charge in [-0.05, 0) is 18.8 Å². The molecule has 3 unspecified atom stereocenters. The highest BCUT2D eigenvalue weighted by atomic mass is 16.5. The van der Waals surface area contributed by atoms with Crippen LogP contribution in [0, 0.1) is 5.92 Å². The fraction of sp³-hybridized carbons (Fsp3) is 1.00. The molecule has 0 spiro atoms. The third-order valence-electron chi connectivity index (χ3n) is 3.86. The summed E-state index contributed by atoms with van der Waals surface area (Å²) in [5, 5.41) is 9.34. The second-order valence-corrected chi connectivity index (χ2v) is 5.07. The molecule has 15 heavy (non-hydrogen) atoms. The lowest BCUT2D eigenvalue weighted by Gasteiger charge is -2.43. The number of aliphatic hydroxyl groups is 1. The molecule has 0 aromatic carbocycles. The van der Waals surface area contributed by atoms with Crippen LogP contribution in [-0.2, 0) is 4.74 Å². The van der Waals surface area contributed by atoms with Gasteiger partial charge in [0.1, 0.15) is 0 Å². The van der Waals surface area contributed by atoms with Crippen molar-refractivity contribution in [1.29, 1.82) is 0 Å². The van der Waals surface area contributed by atoms with Crippen LogP contribution in [0.4, 0.5) is 0 Å². The Morgan fingerprint density at radius 3 is 3.00 bits per heavy atom. The lowest BCUT2D eigenvalue weighted by atomic mass is 9.85. The van der Waals surface area contributed by atoms with Gasteiger partial charge in [0.25, 0.3) is 0 Å². The van der Waals surface area contributed by atoms with Gasteiger partial charge in [0, 0.05) is 12.6 Å². The molecule has 1 heterocycles. The van der Waals surface area contributed by atoms with Gasteiger partial charge in [-0.15, -0.1) is 0 Å². The molecule has 88 valence electrons. The number of hydrogen-bond acceptors (Lipinski definition) is 3. The molecule has 0 bridgehead atoms. The number of hydrogen-bond donors (Lipinski definition) is 1. The van der Waals surface area contributed by atoms with E-state index < -0.39 is 0 Å². The molecule has 2 rings (SSSR count). The van der Waals surface area contributed by atoms with E-state index in [0.717, 1.165) is 19.1 Å². The number of morpholine rings is 1. The Labute approximate surface area is 92.4 Å². The predicted molar refractivity (Wildman–Crippen MR) is 59.8 cm³/mol. The SMILES string of the molecule is CC1CCCC(N2CCOCC2CO)C1. The smallest absolute Gasteiger partial charge is 0.0644 e. The first-order valence-corrected chi connectivity index (χ1v) is 6.25. The average molecular weight is 213 g/mol. The second kappa shape index (κ2) is 5.28. The van der Waals surface area contributed by atoms with Crippen LogP contribution in [0.15, 0.2) is 0 Å². The summed E-state index contributed by atoms with van der Waals surface area (Å²) >= 11 is 0. The lowest BCUT2D eigenvalue weighted by molar-refractivity contribution is -0.0565. The van der Waals surface area contributed by atoms with E-state index in [4.69, 9.17) is 4.74 Å². The van der Waals surface area contributed by atoms with Crippen LogP contribution in [0.1, 0.15) is 32.6 Å². The fourth-order valence-electron chi connectivity index (χ4n) is 3.01. The summed E-state index contributed by atoms with van der Waals surface area (Å²) < 4.78 is 5.42. The molecule has 1 aliphatic heterocycles. The zero-order valence-electron chi connectivity index (χ0n) is 9.69. The van der Waals surface area contributed by atoms with E-state index >= 15 is 0 Å². The minimum atomic E-state index is 0.241. The molecule has 3 atom stereocenters. The van der Waals surface area contributed by atoms with Crippen molar-refractivity contribution in [2.24, 2.45) is 5.92 Å². The largest absolute Gasteiger partial charge is 0.395 e. The lowest BCUT2D eigenvalue weighted by Crippen LogP contribution is -2.53. The van der Waals surface area contributed by atoms with Crippen molar-refractivity contribution in [2.45, 2.75) is 44.7 Å². The molecule has 2 fully saturated rings. The zero-order valence-corrected chi connectivity index (χ0v) is 9.69. The fourth-order valence-corrected chi connectivity index (χ4v) is 3.01. The van der Waals surface area contributed by atoms with E-state index in [9.17, 15) is 5.11 Å². The van der Waals surface area contributed by atoms with E-state index in [1.165, 1.54) is 25.7 Å². The summed E-state index contributed by atoms with van der Waals surface area (Å²) in [7, 11) is 0. The van der Waals surface area contributed by atoms with Gasteiger partial charge >= 0.3 is 0 Å².